The highest BCUT2D eigenvalue weighted by Crippen LogP contribution is 2.42. The van der Waals surface area contributed by atoms with Crippen LogP contribution in [0.4, 0.5) is 22.0 Å². The number of nitrogens with zero attached hydrogens (tertiary/aromatic N) is 1. The predicted octanol–water partition coefficient (Wildman–Crippen LogP) is 2.45. The highest BCUT2D eigenvalue weighted by Gasteiger charge is 2.59. The number of rotatable bonds is 1. The summed E-state index contributed by atoms with van der Waals surface area (Å²) in [6.45, 7) is 0.374. The van der Waals surface area contributed by atoms with Crippen molar-refractivity contribution in [3.05, 3.63) is 11.6 Å². The molecule has 0 aliphatic carbocycles. The van der Waals surface area contributed by atoms with Crippen LogP contribution in [0.2, 0.25) is 0 Å². The van der Waals surface area contributed by atoms with Crippen LogP contribution in [0.1, 0.15) is 6.42 Å². The van der Waals surface area contributed by atoms with Gasteiger partial charge in [0.2, 0.25) is 0 Å². The Morgan fingerprint density at radius 1 is 1.21 bits per heavy atom. The molecule has 0 aromatic carbocycles. The van der Waals surface area contributed by atoms with Gasteiger partial charge < -0.3 is 4.90 Å². The average Bonchev–Trinajstić information content (AvgIpc) is 2.03. The summed E-state index contributed by atoms with van der Waals surface area (Å²) in [5.74, 6) is -4.67. The molecule has 0 bridgehead atoms. The molecule has 0 unspecified atom stereocenters. The van der Waals surface area contributed by atoms with Gasteiger partial charge in [-0.05, 0) is 13.5 Å². The average molecular weight is 215 g/mol. The zero-order valence-electron chi connectivity index (χ0n) is 7.54. The van der Waals surface area contributed by atoms with Gasteiger partial charge in [0, 0.05) is 18.7 Å². The highest BCUT2D eigenvalue weighted by atomic mass is 19.4. The first-order chi connectivity index (χ1) is 6.25. The lowest BCUT2D eigenvalue weighted by Gasteiger charge is -2.28. The molecule has 0 aromatic heterocycles. The molecule has 0 amide bonds. The maximum atomic E-state index is 12.7. The fourth-order valence-electron chi connectivity index (χ4n) is 1.24. The molecule has 14 heavy (non-hydrogen) atoms. The van der Waals surface area contributed by atoms with Crippen LogP contribution in [0.25, 0.3) is 0 Å². The van der Waals surface area contributed by atoms with Gasteiger partial charge in [-0.1, -0.05) is 6.08 Å². The van der Waals surface area contributed by atoms with Gasteiger partial charge in [0.05, 0.1) is 0 Å². The largest absolute Gasteiger partial charge is 0.457 e. The molecule has 0 saturated heterocycles. The maximum absolute atomic E-state index is 12.7. The predicted molar refractivity (Wildman–Crippen MR) is 41.2 cm³/mol. The summed E-state index contributed by atoms with van der Waals surface area (Å²) < 4.78 is 61.2. The number of hydrogen-bond acceptors (Lipinski definition) is 1. The lowest BCUT2D eigenvalue weighted by molar-refractivity contribution is -0.265. The summed E-state index contributed by atoms with van der Waals surface area (Å²) in [5.41, 5.74) is -0.817. The normalized spacial score (nSPS) is 20.9. The first-order valence-electron chi connectivity index (χ1n) is 4.08. The van der Waals surface area contributed by atoms with E-state index < -0.39 is 17.7 Å². The van der Waals surface area contributed by atoms with Gasteiger partial charge in [-0.3, -0.25) is 0 Å². The van der Waals surface area contributed by atoms with Crippen molar-refractivity contribution >= 4 is 0 Å². The molecule has 0 N–H and O–H groups in total. The van der Waals surface area contributed by atoms with Crippen LogP contribution >= 0.6 is 0 Å². The van der Waals surface area contributed by atoms with Crippen LogP contribution < -0.4 is 0 Å². The van der Waals surface area contributed by atoms with Gasteiger partial charge in [0.15, 0.2) is 0 Å². The van der Waals surface area contributed by atoms with Crippen LogP contribution in [0.15, 0.2) is 11.6 Å². The minimum absolute atomic E-state index is 0.140. The molecule has 1 aliphatic rings. The molecule has 0 spiro atoms. The third-order valence-electron chi connectivity index (χ3n) is 2.17. The minimum atomic E-state index is -5.48. The van der Waals surface area contributed by atoms with E-state index in [9.17, 15) is 22.0 Å². The smallest absolute Gasteiger partial charge is 0.302 e. The van der Waals surface area contributed by atoms with Crippen molar-refractivity contribution in [3.8, 4) is 0 Å². The Bertz CT molecular complexity index is 243. The summed E-state index contributed by atoms with van der Waals surface area (Å²) in [4.78, 5) is 1.68. The van der Waals surface area contributed by atoms with Gasteiger partial charge in [-0.15, -0.1) is 0 Å². The molecule has 82 valence electrons. The van der Waals surface area contributed by atoms with Crippen molar-refractivity contribution in [2.24, 2.45) is 0 Å². The molecule has 1 nitrogen and oxygen atoms in total. The van der Waals surface area contributed by atoms with Crippen LogP contribution in [0.5, 0.6) is 0 Å². The molecular weight excluding hydrogens is 205 g/mol. The van der Waals surface area contributed by atoms with Gasteiger partial charge in [-0.2, -0.15) is 22.0 Å². The van der Waals surface area contributed by atoms with E-state index in [1.807, 2.05) is 0 Å². The molecule has 0 atom stereocenters. The van der Waals surface area contributed by atoms with Crippen LogP contribution in [-0.2, 0) is 0 Å². The van der Waals surface area contributed by atoms with Gasteiger partial charge in [0.1, 0.15) is 0 Å². The lowest BCUT2D eigenvalue weighted by Crippen LogP contribution is -2.41. The van der Waals surface area contributed by atoms with E-state index in [1.54, 1.807) is 11.9 Å². The molecule has 1 aliphatic heterocycles. The third-order valence-corrected chi connectivity index (χ3v) is 2.17. The zero-order valence-corrected chi connectivity index (χ0v) is 7.54. The van der Waals surface area contributed by atoms with E-state index in [1.165, 1.54) is 0 Å². The molecule has 1 rings (SSSR count). The fraction of sp³-hybridized carbons (Fsp3) is 0.750. The SMILES string of the molecule is CN1CC=C(C(F)(F)C(F)(F)F)CC1. The Labute approximate surface area is 78.2 Å². The summed E-state index contributed by atoms with van der Waals surface area (Å²) in [6, 6.07) is 0. The fourth-order valence-corrected chi connectivity index (χ4v) is 1.24. The monoisotopic (exact) mass is 215 g/mol. The van der Waals surface area contributed by atoms with Crippen molar-refractivity contribution in [2.75, 3.05) is 20.1 Å². The number of likely N-dealkylation sites (N-methyl/N-ethyl adjacent to an activating group) is 1. The number of halogens is 5. The molecule has 0 aromatic rings. The lowest BCUT2D eigenvalue weighted by atomic mass is 10.0. The second-order valence-electron chi connectivity index (χ2n) is 3.31. The second-order valence-corrected chi connectivity index (χ2v) is 3.31. The Hall–Kier alpha value is -0.650. The molecule has 6 heteroatoms. The number of alkyl halides is 5. The Kier molecular flexibility index (Phi) is 2.85. The van der Waals surface area contributed by atoms with Crippen molar-refractivity contribution in [3.63, 3.8) is 0 Å². The van der Waals surface area contributed by atoms with Gasteiger partial charge in [0.25, 0.3) is 0 Å². The van der Waals surface area contributed by atoms with E-state index in [0.29, 0.717) is 0 Å². The highest BCUT2D eigenvalue weighted by molar-refractivity contribution is 5.18. The Balaban J connectivity index is 2.84. The Morgan fingerprint density at radius 2 is 1.79 bits per heavy atom. The standard InChI is InChI=1S/C8H10F5N/c1-14-4-2-6(3-5-14)7(9,10)8(11,12)13/h2H,3-5H2,1H3. The van der Waals surface area contributed by atoms with Crippen molar-refractivity contribution in [1.29, 1.82) is 0 Å². The van der Waals surface area contributed by atoms with Crippen LogP contribution in [-0.4, -0.2) is 37.1 Å². The van der Waals surface area contributed by atoms with Gasteiger partial charge >= 0.3 is 12.1 Å². The topological polar surface area (TPSA) is 3.24 Å². The maximum Gasteiger partial charge on any atom is 0.457 e. The van der Waals surface area contributed by atoms with Crippen LogP contribution in [0, 0.1) is 0 Å². The molecule has 0 saturated carbocycles. The van der Waals surface area contributed by atoms with E-state index in [-0.39, 0.29) is 19.5 Å². The second kappa shape index (κ2) is 3.49. The Morgan fingerprint density at radius 3 is 2.14 bits per heavy atom. The first-order valence-corrected chi connectivity index (χ1v) is 4.08. The summed E-state index contributed by atoms with van der Waals surface area (Å²) in [5, 5.41) is 0. The molecule has 0 radical (unpaired) electrons. The van der Waals surface area contributed by atoms with Crippen molar-refractivity contribution < 1.29 is 22.0 Å². The van der Waals surface area contributed by atoms with E-state index >= 15 is 0 Å². The van der Waals surface area contributed by atoms with Crippen molar-refractivity contribution in [2.45, 2.75) is 18.5 Å². The van der Waals surface area contributed by atoms with E-state index in [4.69, 9.17) is 0 Å². The molecular formula is C8H10F5N. The molecule has 1 heterocycles. The summed E-state index contributed by atoms with van der Waals surface area (Å²) in [7, 11) is 1.67. The van der Waals surface area contributed by atoms with Crippen LogP contribution in [0.3, 0.4) is 0 Å². The minimum Gasteiger partial charge on any atom is -0.302 e. The quantitative estimate of drug-likeness (QED) is 0.479. The summed E-state index contributed by atoms with van der Waals surface area (Å²) >= 11 is 0. The number of hydrogen-bond donors (Lipinski definition) is 0. The summed E-state index contributed by atoms with van der Waals surface area (Å²) in [6.07, 6.45) is -4.76. The van der Waals surface area contributed by atoms with E-state index in [2.05, 4.69) is 0 Å². The van der Waals surface area contributed by atoms with Gasteiger partial charge in [-0.25, -0.2) is 0 Å². The first kappa shape index (κ1) is 11.4. The zero-order chi connectivity index (χ0) is 11.0. The third kappa shape index (κ3) is 2.05. The van der Waals surface area contributed by atoms with E-state index in [0.717, 1.165) is 6.08 Å². The van der Waals surface area contributed by atoms with Crippen molar-refractivity contribution in [1.82, 2.24) is 4.90 Å². The molecule has 0 fully saturated rings.